The van der Waals surface area contributed by atoms with Crippen molar-refractivity contribution in [3.05, 3.63) is 183 Å². The molecule has 0 aliphatic carbocycles. The van der Waals surface area contributed by atoms with E-state index in [4.69, 9.17) is 20.8 Å². The molecule has 13 nitrogen and oxygen atoms in total. The summed E-state index contributed by atoms with van der Waals surface area (Å²) in [6.45, 7) is 44.2. The third-order valence-electron chi connectivity index (χ3n) is 25.0. The number of nitrogens with one attached hydrogen (secondary N) is 2. The van der Waals surface area contributed by atoms with Gasteiger partial charge in [-0.1, -0.05) is 242 Å². The van der Waals surface area contributed by atoms with Crippen LogP contribution in [0.25, 0.3) is 0 Å². The highest BCUT2D eigenvalue weighted by atomic mass is 79.9. The summed E-state index contributed by atoms with van der Waals surface area (Å²) in [7, 11) is 10.6. The molecule has 2 heterocycles. The highest BCUT2D eigenvalue weighted by molar-refractivity contribution is 9.09. The van der Waals surface area contributed by atoms with Crippen LogP contribution in [0, 0.1) is 55.4 Å². The molecule has 4 aromatic rings. The number of carbonyl (C=O) groups is 4. The van der Waals surface area contributed by atoms with Gasteiger partial charge in [0.25, 0.3) is 0 Å². The molecule has 0 bridgehead atoms. The van der Waals surface area contributed by atoms with Gasteiger partial charge >= 0.3 is 0 Å². The average molecular weight is 1920 g/mol. The van der Waals surface area contributed by atoms with Crippen molar-refractivity contribution in [2.45, 2.75) is 345 Å². The molecular weight excluding hydrogens is 1740 g/mol. The van der Waals surface area contributed by atoms with Crippen LogP contribution in [0.5, 0.6) is 0 Å². The molecular formula is C107H177B2Br3N6O7. The number of likely N-dealkylation sites (tertiary alicyclic amines) is 1. The topological polar surface area (TPSA) is 160 Å². The second-order valence-electron chi connectivity index (χ2n) is 35.8. The third kappa shape index (κ3) is 54.9. The van der Waals surface area contributed by atoms with E-state index in [1.165, 1.54) is 208 Å². The van der Waals surface area contributed by atoms with Gasteiger partial charge in [0.1, 0.15) is 13.1 Å². The number of aryl methyl sites for hydroxylation is 8. The van der Waals surface area contributed by atoms with Crippen molar-refractivity contribution in [1.82, 2.24) is 15.1 Å². The van der Waals surface area contributed by atoms with E-state index in [0.717, 1.165) is 175 Å². The number of ketones is 4. The number of alkyl halides is 1. The predicted molar refractivity (Wildman–Crippen MR) is 534 cm³/mol. The second kappa shape index (κ2) is 77.2. The maximum atomic E-state index is 13.7. The molecule has 5 N–H and O–H groups in total. The van der Waals surface area contributed by atoms with Gasteiger partial charge in [-0.2, -0.15) is 0 Å². The van der Waals surface area contributed by atoms with Crippen molar-refractivity contribution in [1.29, 1.82) is 0 Å². The van der Waals surface area contributed by atoms with E-state index in [2.05, 4.69) is 192 Å². The van der Waals surface area contributed by atoms with Crippen LogP contribution in [-0.2, 0) is 38.4 Å². The maximum absolute atomic E-state index is 13.7. The van der Waals surface area contributed by atoms with Crippen LogP contribution in [0.3, 0.4) is 0 Å². The summed E-state index contributed by atoms with van der Waals surface area (Å²) in [6.07, 6.45) is 53.2. The van der Waals surface area contributed by atoms with Gasteiger partial charge in [0.15, 0.2) is 23.1 Å². The number of benzene rings is 4. The Bertz CT molecular complexity index is 3430. The molecule has 6 rings (SSSR count). The van der Waals surface area contributed by atoms with Gasteiger partial charge in [-0.15, -0.1) is 0 Å². The van der Waals surface area contributed by atoms with E-state index >= 15 is 0 Å². The summed E-state index contributed by atoms with van der Waals surface area (Å²) in [4.78, 5) is 56.1. The van der Waals surface area contributed by atoms with Crippen LogP contribution in [0.4, 0.5) is 5.69 Å². The monoisotopic (exact) mass is 1920 g/mol. The Kier molecular flexibility index (Phi) is 74.5. The van der Waals surface area contributed by atoms with E-state index in [1.54, 1.807) is 0 Å². The van der Waals surface area contributed by atoms with Crippen LogP contribution >= 0.6 is 15.9 Å². The number of carbonyl (C=O) groups excluding carboxylic acids is 4. The lowest BCUT2D eigenvalue weighted by atomic mass is 9.92. The van der Waals surface area contributed by atoms with Crippen molar-refractivity contribution < 1.29 is 77.4 Å². The Morgan fingerprint density at radius 2 is 0.880 bits per heavy atom. The number of quaternary nitrogens is 2. The predicted octanol–water partition coefficient (Wildman–Crippen LogP) is 17.2. The highest BCUT2D eigenvalue weighted by Crippen LogP contribution is 2.29. The van der Waals surface area contributed by atoms with E-state index in [0.29, 0.717) is 68.7 Å². The first-order valence-electron chi connectivity index (χ1n) is 48.9. The summed E-state index contributed by atoms with van der Waals surface area (Å²) in [6, 6.07) is 25.8. The van der Waals surface area contributed by atoms with Crippen LogP contribution in [0.2, 0.25) is 12.6 Å². The normalized spacial score (nSPS) is 14.9. The molecule has 0 spiro atoms. The van der Waals surface area contributed by atoms with E-state index in [1.807, 2.05) is 43.4 Å². The first kappa shape index (κ1) is 121. The number of aliphatic hydroxyl groups excluding tert-OH is 3. The average Bonchev–Trinajstić information content (AvgIpc) is 0.842. The number of para-hydroxylation sites is 1. The smallest absolute Gasteiger partial charge is 0.191 e. The molecule has 2 aliphatic rings. The molecule has 125 heavy (non-hydrogen) atoms. The van der Waals surface area contributed by atoms with Crippen LogP contribution in [-0.4, -0.2) is 202 Å². The van der Waals surface area contributed by atoms with Gasteiger partial charge in [-0.3, -0.25) is 29.0 Å². The Balaban J connectivity index is 0.00000168. The quantitative estimate of drug-likeness (QED) is 0.00941. The lowest BCUT2D eigenvalue weighted by molar-refractivity contribution is -0.921. The summed E-state index contributed by atoms with van der Waals surface area (Å²) in [5.74, 6) is 1.34. The van der Waals surface area contributed by atoms with Gasteiger partial charge in [0.05, 0.1) is 67.5 Å². The third-order valence-corrected chi connectivity index (χ3v) is 25.5. The van der Waals surface area contributed by atoms with Gasteiger partial charge in [0, 0.05) is 68.3 Å². The van der Waals surface area contributed by atoms with Crippen LogP contribution in [0.1, 0.15) is 307 Å². The molecule has 0 aromatic heterocycles. The second-order valence-corrected chi connectivity index (χ2v) is 36.6. The molecule has 2 aliphatic heterocycles. The fourth-order valence-electron chi connectivity index (χ4n) is 17.4. The van der Waals surface area contributed by atoms with Crippen LogP contribution in [0.15, 0.2) is 122 Å². The molecule has 4 radical (unpaired) electrons. The van der Waals surface area contributed by atoms with Gasteiger partial charge < -0.3 is 68.9 Å². The zero-order chi connectivity index (χ0) is 90.6. The first-order chi connectivity index (χ1) is 59.5. The minimum Gasteiger partial charge on any atom is -1.00 e. The molecule has 704 valence electrons. The molecule has 2 fully saturated rings. The standard InChI is InChI=1S/C41H66N3O2.C26H45BrNO2.C19H33NO2.C15H21NO.C6H12B2.2BrH/c1-7-8-14-27-44(29-16-17-30-45,32-38(46)31-39-33(2)20-18-21-34(39)3)28-15-10-9-12-25-43-26-13-11-24-40(43)37(6)42-41-35(4)22-19-23-36(41)5;1-4-5-9-17-28(19-11-12-20-29,18-10-7-6-8-16-27)22-25(30)21-26-23(2)14-13-15-24(26)3;1-3-5-7-8-9-10-14-19(22)18-20(15-11-6-4-2)16-12-13-17-21;1-11-6-5-7-12(2)13(11)10-15(17)14-8-3-4-9-16-14;7-5-3-1-2-4-6-8;;/h18-23,40,42,45H,6-17,24-32H2,1-5H3;13-15,29H,4-12,16-22H2,1-3H3;3,5,7-10,21H,4,6,11-18H2,1-2H3;5-7,14,16H,3-4,8-10H2,1-2H3;1-6H2;2*1H/q2*+1;;;;;/p-2/b;;5-3+,8-7-,10-9+;;;;. The minimum absolute atomic E-state index is 0. The summed E-state index contributed by atoms with van der Waals surface area (Å²) >= 11 is 3.53. The number of nitrogens with zero attached hydrogens (tertiary/aromatic N) is 4. The van der Waals surface area contributed by atoms with Gasteiger partial charge in [-0.05, 0) is 291 Å². The SMILES string of the molecule is C/C=C/C=C\C=C\CC(=O)CN(CCCCC)CCCCO.C=C(Nc1c(C)cccc1C)C1CCCCN1CCCCCC[N+](CCCCC)(CCCCO)CC(=O)Cc1c(C)cccc1C.CCCCC[N+](CCCCO)(CCCCCCBr)CC(=O)Cc1c(C)cccc1C.Cc1cccc(C)c1CC(=O)C1CCCCN1.[B]CCCCCC[B].[Br-].[Br-]. The lowest BCUT2D eigenvalue weighted by Gasteiger charge is -2.39. The number of unbranched alkanes of at least 4 members (excludes halogenated alkanes) is 18. The Morgan fingerprint density at radius 3 is 1.31 bits per heavy atom. The number of hydrogen-bond donors (Lipinski definition) is 5. The first-order valence-corrected chi connectivity index (χ1v) is 50.0. The van der Waals surface area contributed by atoms with Crippen molar-refractivity contribution in [3.63, 3.8) is 0 Å². The van der Waals surface area contributed by atoms with Crippen molar-refractivity contribution in [3.8, 4) is 0 Å². The number of aliphatic hydroxyl groups is 3. The number of Topliss-reactive ketones (excluding diaryl/α,β-unsaturated/α-hetero) is 4. The van der Waals surface area contributed by atoms with Gasteiger partial charge in [-0.25, -0.2) is 0 Å². The lowest BCUT2D eigenvalue weighted by Crippen LogP contribution is -3.00. The van der Waals surface area contributed by atoms with Crippen LogP contribution < -0.4 is 44.6 Å². The van der Waals surface area contributed by atoms with Crippen molar-refractivity contribution >= 4 is 60.4 Å². The summed E-state index contributed by atoms with van der Waals surface area (Å²) in [5, 5.41) is 35.9. The Hall–Kier alpha value is -4.43. The highest BCUT2D eigenvalue weighted by Gasteiger charge is 2.33. The van der Waals surface area contributed by atoms with E-state index < -0.39 is 0 Å². The van der Waals surface area contributed by atoms with Crippen molar-refractivity contribution in [2.75, 3.05) is 122 Å². The Labute approximate surface area is 797 Å². The number of allylic oxidation sites excluding steroid dienone is 6. The number of halogens is 3. The minimum atomic E-state index is 0. The summed E-state index contributed by atoms with van der Waals surface area (Å²) in [5.41, 5.74) is 15.9. The molecule has 4 unspecified atom stereocenters. The van der Waals surface area contributed by atoms with Crippen molar-refractivity contribution in [2.24, 2.45) is 0 Å². The molecule has 18 heteroatoms. The number of hydrogen-bond acceptors (Lipinski definition) is 11. The molecule has 0 amide bonds. The summed E-state index contributed by atoms with van der Waals surface area (Å²) < 4.78 is 1.81. The number of rotatable bonds is 62. The molecule has 2 saturated heterocycles. The largest absolute Gasteiger partial charge is 1.00 e. The maximum Gasteiger partial charge on any atom is 0.191 e. The zero-order valence-corrected chi connectivity index (χ0v) is 85.9. The Morgan fingerprint density at radius 1 is 0.488 bits per heavy atom. The fourth-order valence-corrected chi connectivity index (χ4v) is 17.8. The van der Waals surface area contributed by atoms with E-state index in [9.17, 15) is 29.4 Å². The number of piperidine rings is 2. The van der Waals surface area contributed by atoms with E-state index in [-0.39, 0.29) is 65.6 Å². The molecule has 0 saturated carbocycles. The molecule has 4 aromatic carbocycles. The molecule has 4 atom stereocenters. The fraction of sp³-hybridized carbons (Fsp3) is 0.664. The van der Waals surface area contributed by atoms with Gasteiger partial charge in [0.2, 0.25) is 0 Å². The number of anilines is 1. The zero-order valence-electron chi connectivity index (χ0n) is 81.1.